The Hall–Kier alpha value is -1.52. The number of hydrogen-bond donors (Lipinski definition) is 1. The van der Waals surface area contributed by atoms with Crippen LogP contribution in [0.2, 0.25) is 0 Å². The first-order chi connectivity index (χ1) is 7.88. The Morgan fingerprint density at radius 2 is 1.94 bits per heavy atom. The van der Waals surface area contributed by atoms with Crippen molar-refractivity contribution < 1.29 is 19.1 Å². The van der Waals surface area contributed by atoms with Crippen molar-refractivity contribution in [2.24, 2.45) is 5.92 Å². The summed E-state index contributed by atoms with van der Waals surface area (Å²) >= 11 is 0. The normalized spacial score (nSPS) is 11.8. The van der Waals surface area contributed by atoms with Crippen molar-refractivity contribution in [1.82, 2.24) is 5.32 Å². The van der Waals surface area contributed by atoms with Crippen LogP contribution >= 0.6 is 0 Å². The summed E-state index contributed by atoms with van der Waals surface area (Å²) in [6.45, 7) is 11.2. The third-order valence-electron chi connectivity index (χ3n) is 2.05. The molecule has 0 saturated carbocycles. The third-order valence-corrected chi connectivity index (χ3v) is 2.05. The SMILES string of the molecule is C=C(C)C(=O)OCC(OC(=O)NCC)C(C)C. The summed E-state index contributed by atoms with van der Waals surface area (Å²) in [5, 5.41) is 2.52. The quantitative estimate of drug-likeness (QED) is 0.571. The summed E-state index contributed by atoms with van der Waals surface area (Å²) in [6, 6.07) is 0. The second-order valence-corrected chi connectivity index (χ2v) is 4.10. The van der Waals surface area contributed by atoms with Gasteiger partial charge in [-0.2, -0.15) is 0 Å². The van der Waals surface area contributed by atoms with Crippen LogP contribution in [0.15, 0.2) is 12.2 Å². The Morgan fingerprint density at radius 3 is 2.35 bits per heavy atom. The van der Waals surface area contributed by atoms with Crippen LogP contribution in [0.25, 0.3) is 0 Å². The highest BCUT2D eigenvalue weighted by atomic mass is 16.6. The molecular weight excluding hydrogens is 222 g/mol. The maximum Gasteiger partial charge on any atom is 0.407 e. The fourth-order valence-electron chi connectivity index (χ4n) is 0.967. The van der Waals surface area contributed by atoms with Gasteiger partial charge in [-0.25, -0.2) is 9.59 Å². The van der Waals surface area contributed by atoms with E-state index in [1.807, 2.05) is 13.8 Å². The molecule has 0 heterocycles. The minimum absolute atomic E-state index is 0.0422. The Bertz CT molecular complexity index is 286. The zero-order valence-electron chi connectivity index (χ0n) is 10.9. The minimum Gasteiger partial charge on any atom is -0.458 e. The zero-order chi connectivity index (χ0) is 13.4. The molecular formula is C12H21NO4. The third kappa shape index (κ3) is 6.60. The molecule has 0 aromatic rings. The highest BCUT2D eigenvalue weighted by molar-refractivity contribution is 5.86. The number of carbonyl (C=O) groups is 2. The fraction of sp³-hybridized carbons (Fsp3) is 0.667. The smallest absolute Gasteiger partial charge is 0.407 e. The molecule has 0 aliphatic heterocycles. The van der Waals surface area contributed by atoms with Crippen molar-refractivity contribution in [2.45, 2.75) is 33.8 Å². The number of alkyl carbamates (subject to hydrolysis) is 1. The van der Waals surface area contributed by atoms with Gasteiger partial charge in [0.15, 0.2) is 0 Å². The van der Waals surface area contributed by atoms with Gasteiger partial charge < -0.3 is 14.8 Å². The Morgan fingerprint density at radius 1 is 1.35 bits per heavy atom. The van der Waals surface area contributed by atoms with Crippen molar-refractivity contribution in [2.75, 3.05) is 13.2 Å². The number of carbonyl (C=O) groups excluding carboxylic acids is 2. The van der Waals surface area contributed by atoms with Crippen LogP contribution in [0.3, 0.4) is 0 Å². The van der Waals surface area contributed by atoms with Crippen LogP contribution in [-0.4, -0.2) is 31.3 Å². The molecule has 17 heavy (non-hydrogen) atoms. The van der Waals surface area contributed by atoms with Gasteiger partial charge >= 0.3 is 12.1 Å². The van der Waals surface area contributed by atoms with Gasteiger partial charge in [0.2, 0.25) is 0 Å². The minimum atomic E-state index is -0.502. The van der Waals surface area contributed by atoms with E-state index in [0.29, 0.717) is 12.1 Å². The monoisotopic (exact) mass is 243 g/mol. The number of esters is 1. The lowest BCUT2D eigenvalue weighted by molar-refractivity contribution is -0.142. The summed E-state index contributed by atoms with van der Waals surface area (Å²) in [4.78, 5) is 22.4. The van der Waals surface area contributed by atoms with E-state index in [-0.39, 0.29) is 12.5 Å². The molecule has 1 amide bonds. The molecule has 0 aromatic heterocycles. The van der Waals surface area contributed by atoms with Crippen LogP contribution in [-0.2, 0) is 14.3 Å². The number of rotatable bonds is 6. The van der Waals surface area contributed by atoms with Crippen molar-refractivity contribution >= 4 is 12.1 Å². The van der Waals surface area contributed by atoms with Gasteiger partial charge in [-0.15, -0.1) is 0 Å². The molecule has 0 aliphatic rings. The lowest BCUT2D eigenvalue weighted by Crippen LogP contribution is -2.34. The van der Waals surface area contributed by atoms with E-state index in [4.69, 9.17) is 9.47 Å². The van der Waals surface area contributed by atoms with Gasteiger partial charge in [0.05, 0.1) is 0 Å². The molecule has 0 radical (unpaired) electrons. The summed E-state index contributed by atoms with van der Waals surface area (Å²) in [7, 11) is 0. The van der Waals surface area contributed by atoms with E-state index in [2.05, 4.69) is 11.9 Å². The van der Waals surface area contributed by atoms with Gasteiger partial charge in [-0.1, -0.05) is 20.4 Å². The lowest BCUT2D eigenvalue weighted by atomic mass is 10.1. The maximum absolute atomic E-state index is 11.2. The van der Waals surface area contributed by atoms with Crippen LogP contribution in [0.1, 0.15) is 27.7 Å². The molecule has 0 aliphatic carbocycles. The fourth-order valence-corrected chi connectivity index (χ4v) is 0.967. The van der Waals surface area contributed by atoms with E-state index in [1.54, 1.807) is 13.8 Å². The summed E-state index contributed by atoms with van der Waals surface area (Å²) in [5.41, 5.74) is 0.325. The van der Waals surface area contributed by atoms with Gasteiger partial charge in [0, 0.05) is 12.1 Å². The molecule has 1 atom stereocenters. The predicted octanol–water partition coefficient (Wildman–Crippen LogP) is 1.88. The molecule has 0 rings (SSSR count). The molecule has 1 N–H and O–H groups in total. The van der Waals surface area contributed by atoms with E-state index in [1.165, 1.54) is 0 Å². The molecule has 0 fully saturated rings. The molecule has 98 valence electrons. The molecule has 5 heteroatoms. The Kier molecular flexibility index (Phi) is 7.02. The Labute approximate surface area is 102 Å². The number of ether oxygens (including phenoxy) is 2. The first kappa shape index (κ1) is 15.5. The van der Waals surface area contributed by atoms with Crippen LogP contribution < -0.4 is 5.32 Å². The summed E-state index contributed by atoms with van der Waals surface area (Å²) in [5.74, 6) is -0.411. The highest BCUT2D eigenvalue weighted by Gasteiger charge is 2.20. The van der Waals surface area contributed by atoms with Crippen LogP contribution in [0, 0.1) is 5.92 Å². The van der Waals surface area contributed by atoms with Crippen molar-refractivity contribution in [3.63, 3.8) is 0 Å². The van der Waals surface area contributed by atoms with E-state index < -0.39 is 18.2 Å². The molecule has 5 nitrogen and oxygen atoms in total. The largest absolute Gasteiger partial charge is 0.458 e. The van der Waals surface area contributed by atoms with Crippen LogP contribution in [0.4, 0.5) is 4.79 Å². The molecule has 0 spiro atoms. The average molecular weight is 243 g/mol. The Balaban J connectivity index is 4.21. The zero-order valence-corrected chi connectivity index (χ0v) is 10.9. The van der Waals surface area contributed by atoms with Gasteiger partial charge in [0.25, 0.3) is 0 Å². The standard InChI is InChI=1S/C12H21NO4/c1-6-13-12(15)17-10(8(2)3)7-16-11(14)9(4)5/h8,10H,4,6-7H2,1-3,5H3,(H,13,15). The molecule has 0 bridgehead atoms. The van der Waals surface area contributed by atoms with Crippen molar-refractivity contribution in [3.8, 4) is 0 Å². The lowest BCUT2D eigenvalue weighted by Gasteiger charge is -2.21. The number of nitrogens with one attached hydrogen (secondary N) is 1. The first-order valence-corrected chi connectivity index (χ1v) is 5.65. The predicted molar refractivity (Wildman–Crippen MR) is 64.6 cm³/mol. The second-order valence-electron chi connectivity index (χ2n) is 4.10. The summed E-state index contributed by atoms with van der Waals surface area (Å²) in [6.07, 6.45) is -0.956. The topological polar surface area (TPSA) is 64.6 Å². The highest BCUT2D eigenvalue weighted by Crippen LogP contribution is 2.08. The number of amides is 1. The summed E-state index contributed by atoms with van der Waals surface area (Å²) < 4.78 is 10.1. The molecule has 0 aromatic carbocycles. The van der Waals surface area contributed by atoms with Crippen molar-refractivity contribution in [3.05, 3.63) is 12.2 Å². The molecule has 1 unspecified atom stereocenters. The first-order valence-electron chi connectivity index (χ1n) is 5.65. The average Bonchev–Trinajstić information content (AvgIpc) is 2.23. The molecule has 0 saturated heterocycles. The second kappa shape index (κ2) is 7.70. The maximum atomic E-state index is 11.2. The van der Waals surface area contributed by atoms with E-state index >= 15 is 0 Å². The number of hydrogen-bond acceptors (Lipinski definition) is 4. The van der Waals surface area contributed by atoms with Crippen molar-refractivity contribution in [1.29, 1.82) is 0 Å². The van der Waals surface area contributed by atoms with E-state index in [9.17, 15) is 9.59 Å². The van der Waals surface area contributed by atoms with Crippen LogP contribution in [0.5, 0.6) is 0 Å². The van der Waals surface area contributed by atoms with E-state index in [0.717, 1.165) is 0 Å². The van der Waals surface area contributed by atoms with Gasteiger partial charge in [-0.05, 0) is 19.8 Å². The van der Waals surface area contributed by atoms with Gasteiger partial charge in [0.1, 0.15) is 12.7 Å². The van der Waals surface area contributed by atoms with Gasteiger partial charge in [-0.3, -0.25) is 0 Å².